The van der Waals surface area contributed by atoms with Crippen LogP contribution in [0.1, 0.15) is 20.9 Å². The molecule has 1 saturated heterocycles. The molecule has 1 amide bonds. The quantitative estimate of drug-likeness (QED) is 0.464. The van der Waals surface area contributed by atoms with Crippen molar-refractivity contribution in [2.24, 2.45) is 0 Å². The summed E-state index contributed by atoms with van der Waals surface area (Å²) in [6.45, 7) is 5.21. The van der Waals surface area contributed by atoms with Crippen LogP contribution >= 0.6 is 22.9 Å². The van der Waals surface area contributed by atoms with Gasteiger partial charge in [-0.2, -0.15) is 5.10 Å². The van der Waals surface area contributed by atoms with Crippen molar-refractivity contribution in [1.29, 1.82) is 0 Å². The molecule has 32 heavy (non-hydrogen) atoms. The Kier molecular flexibility index (Phi) is 5.82. The smallest absolute Gasteiger partial charge is 0.256 e. The van der Waals surface area contributed by atoms with E-state index in [1.807, 2.05) is 41.3 Å². The van der Waals surface area contributed by atoms with Crippen LogP contribution in [0, 0.1) is 6.92 Å². The van der Waals surface area contributed by atoms with E-state index in [-0.39, 0.29) is 5.91 Å². The van der Waals surface area contributed by atoms with Gasteiger partial charge in [-0.25, -0.2) is 9.67 Å². The number of pyridine rings is 1. The van der Waals surface area contributed by atoms with E-state index in [2.05, 4.69) is 26.4 Å². The van der Waals surface area contributed by atoms with Crippen molar-refractivity contribution in [3.05, 3.63) is 69.1 Å². The van der Waals surface area contributed by atoms with Gasteiger partial charge >= 0.3 is 0 Å². The highest BCUT2D eigenvalue weighted by Crippen LogP contribution is 2.35. The predicted octanol–water partition coefficient (Wildman–Crippen LogP) is 4.59. The Hall–Kier alpha value is -2.94. The Labute approximate surface area is 194 Å². The van der Waals surface area contributed by atoms with Crippen LogP contribution in [0.5, 0.6) is 0 Å². The van der Waals surface area contributed by atoms with Crippen molar-refractivity contribution in [1.82, 2.24) is 14.8 Å². The van der Waals surface area contributed by atoms with Gasteiger partial charge in [0.1, 0.15) is 0 Å². The van der Waals surface area contributed by atoms with E-state index >= 15 is 0 Å². The number of morpholine rings is 1. The molecule has 0 bridgehead atoms. The number of hydrogen-bond acceptors (Lipinski definition) is 6. The van der Waals surface area contributed by atoms with Gasteiger partial charge in [-0.3, -0.25) is 4.79 Å². The molecule has 4 heterocycles. The summed E-state index contributed by atoms with van der Waals surface area (Å²) in [6, 6.07) is 11.4. The average Bonchev–Trinajstić information content (AvgIpc) is 3.44. The molecule has 1 N–H and O–H groups in total. The Balaban J connectivity index is 1.48. The second-order valence-corrected chi connectivity index (χ2v) is 9.06. The Bertz CT molecular complexity index is 1270. The molecule has 0 radical (unpaired) electrons. The lowest BCUT2D eigenvalue weighted by Crippen LogP contribution is -2.37. The molecule has 0 atom stereocenters. The fourth-order valence-electron chi connectivity index (χ4n) is 3.94. The molecule has 1 aromatic carbocycles. The van der Waals surface area contributed by atoms with Crippen molar-refractivity contribution in [3.8, 4) is 0 Å². The van der Waals surface area contributed by atoms with Gasteiger partial charge in [-0.05, 0) is 36.6 Å². The molecule has 4 aromatic rings. The second-order valence-electron chi connectivity index (χ2n) is 7.62. The maximum atomic E-state index is 13.4. The van der Waals surface area contributed by atoms with Crippen LogP contribution in [-0.2, 0) is 11.3 Å². The molecule has 1 aliphatic rings. The van der Waals surface area contributed by atoms with Crippen molar-refractivity contribution >= 4 is 51.3 Å². The normalized spacial score (nSPS) is 14.1. The minimum absolute atomic E-state index is 0.215. The number of rotatable bonds is 5. The van der Waals surface area contributed by atoms with Crippen LogP contribution in [0.25, 0.3) is 11.0 Å². The summed E-state index contributed by atoms with van der Waals surface area (Å²) in [5.74, 6) is -0.215. The third kappa shape index (κ3) is 4.09. The van der Waals surface area contributed by atoms with E-state index in [9.17, 15) is 4.79 Å². The molecule has 1 aliphatic heterocycles. The number of thiophene rings is 1. The van der Waals surface area contributed by atoms with Gasteiger partial charge in [0.25, 0.3) is 5.91 Å². The zero-order valence-electron chi connectivity index (χ0n) is 17.5. The minimum Gasteiger partial charge on any atom is -0.378 e. The van der Waals surface area contributed by atoms with E-state index in [1.54, 1.807) is 23.6 Å². The summed E-state index contributed by atoms with van der Waals surface area (Å²) in [5, 5.41) is 10.9. The van der Waals surface area contributed by atoms with Gasteiger partial charge in [0, 0.05) is 23.7 Å². The third-order valence-electron chi connectivity index (χ3n) is 5.43. The fourth-order valence-corrected chi connectivity index (χ4v) is 4.92. The number of aryl methyl sites for hydroxylation is 1. The van der Waals surface area contributed by atoms with Crippen LogP contribution < -0.4 is 10.2 Å². The van der Waals surface area contributed by atoms with Gasteiger partial charge in [0.2, 0.25) is 0 Å². The number of nitrogens with one attached hydrogen (secondary N) is 1. The van der Waals surface area contributed by atoms with Crippen LogP contribution in [0.2, 0.25) is 5.02 Å². The Morgan fingerprint density at radius 3 is 2.88 bits per heavy atom. The standard InChI is InChI=1S/C23H22ClN5O2S/c1-15-12-17(18-13-25-29(22(18)26-15)14-16-4-3-11-32-16)23(30)27-20-6-2-5-19(24)21(20)28-7-9-31-10-8-28/h2-6,11-13H,7-10,14H2,1H3,(H,27,30). The third-order valence-corrected chi connectivity index (χ3v) is 6.60. The maximum Gasteiger partial charge on any atom is 0.256 e. The van der Waals surface area contributed by atoms with Gasteiger partial charge in [0.05, 0.1) is 53.3 Å². The number of para-hydroxylation sites is 1. The molecular weight excluding hydrogens is 446 g/mol. The molecule has 9 heteroatoms. The highest BCUT2D eigenvalue weighted by molar-refractivity contribution is 7.09. The first-order valence-electron chi connectivity index (χ1n) is 10.4. The van der Waals surface area contributed by atoms with Crippen LogP contribution in [0.3, 0.4) is 0 Å². The van der Waals surface area contributed by atoms with Crippen molar-refractivity contribution < 1.29 is 9.53 Å². The summed E-state index contributed by atoms with van der Waals surface area (Å²) >= 11 is 8.20. The molecule has 0 saturated carbocycles. The summed E-state index contributed by atoms with van der Waals surface area (Å²) in [7, 11) is 0. The first-order valence-corrected chi connectivity index (χ1v) is 11.6. The first kappa shape index (κ1) is 20.9. The summed E-state index contributed by atoms with van der Waals surface area (Å²) in [6.07, 6.45) is 1.71. The Morgan fingerprint density at radius 1 is 1.25 bits per heavy atom. The van der Waals surface area contributed by atoms with E-state index < -0.39 is 0 Å². The molecule has 164 valence electrons. The highest BCUT2D eigenvalue weighted by Gasteiger charge is 2.21. The van der Waals surface area contributed by atoms with Crippen LogP contribution in [0.4, 0.5) is 11.4 Å². The van der Waals surface area contributed by atoms with Gasteiger partial charge in [0.15, 0.2) is 5.65 Å². The summed E-state index contributed by atoms with van der Waals surface area (Å²) in [5.41, 5.74) is 3.50. The number of ether oxygens (including phenoxy) is 1. The lowest BCUT2D eigenvalue weighted by atomic mass is 10.1. The molecular formula is C23H22ClN5O2S. The number of benzene rings is 1. The van der Waals surface area contributed by atoms with E-state index in [1.165, 1.54) is 4.88 Å². The zero-order valence-corrected chi connectivity index (χ0v) is 19.1. The summed E-state index contributed by atoms with van der Waals surface area (Å²) < 4.78 is 7.30. The molecule has 0 spiro atoms. The van der Waals surface area contributed by atoms with Gasteiger partial charge in [-0.15, -0.1) is 11.3 Å². The largest absolute Gasteiger partial charge is 0.378 e. The molecule has 3 aromatic heterocycles. The Morgan fingerprint density at radius 2 is 2.09 bits per heavy atom. The van der Waals surface area contributed by atoms with E-state index in [0.717, 1.165) is 29.9 Å². The predicted molar refractivity (Wildman–Crippen MR) is 128 cm³/mol. The first-order chi connectivity index (χ1) is 15.6. The SMILES string of the molecule is Cc1cc(C(=O)Nc2cccc(Cl)c2N2CCOCC2)c2cnn(Cc3cccs3)c2n1. The average molecular weight is 468 g/mol. The van der Waals surface area contributed by atoms with Gasteiger partial charge < -0.3 is 15.0 Å². The lowest BCUT2D eigenvalue weighted by Gasteiger charge is -2.31. The number of amides is 1. The number of hydrogen-bond donors (Lipinski definition) is 1. The number of carbonyl (C=O) groups is 1. The molecule has 1 fully saturated rings. The number of anilines is 2. The van der Waals surface area contributed by atoms with E-state index in [4.69, 9.17) is 16.3 Å². The van der Waals surface area contributed by atoms with Crippen molar-refractivity contribution in [2.45, 2.75) is 13.5 Å². The second kappa shape index (κ2) is 8.90. The van der Waals surface area contributed by atoms with Crippen LogP contribution in [-0.4, -0.2) is 47.0 Å². The van der Waals surface area contributed by atoms with Crippen LogP contribution in [0.15, 0.2) is 48.0 Å². The number of carbonyl (C=O) groups excluding carboxylic acids is 1. The minimum atomic E-state index is -0.215. The number of aromatic nitrogens is 3. The molecule has 7 nitrogen and oxygen atoms in total. The molecule has 0 aliphatic carbocycles. The maximum absolute atomic E-state index is 13.4. The zero-order chi connectivity index (χ0) is 22.1. The molecule has 5 rings (SSSR count). The van der Waals surface area contributed by atoms with Gasteiger partial charge in [-0.1, -0.05) is 23.7 Å². The lowest BCUT2D eigenvalue weighted by molar-refractivity contribution is 0.102. The van der Waals surface area contributed by atoms with E-state index in [0.29, 0.717) is 41.7 Å². The van der Waals surface area contributed by atoms with Crippen molar-refractivity contribution in [2.75, 3.05) is 36.5 Å². The number of fused-ring (bicyclic) bond motifs is 1. The van der Waals surface area contributed by atoms with Crippen molar-refractivity contribution in [3.63, 3.8) is 0 Å². The summed E-state index contributed by atoms with van der Waals surface area (Å²) in [4.78, 5) is 21.4. The highest BCUT2D eigenvalue weighted by atomic mass is 35.5. The monoisotopic (exact) mass is 467 g/mol. The molecule has 0 unspecified atom stereocenters. The topological polar surface area (TPSA) is 72.3 Å². The number of halogens is 1. The number of nitrogens with zero attached hydrogens (tertiary/aromatic N) is 4. The fraction of sp³-hybridized carbons (Fsp3) is 0.261.